The van der Waals surface area contributed by atoms with E-state index >= 15 is 0 Å². The van der Waals surface area contributed by atoms with Gasteiger partial charge in [-0.15, -0.1) is 0 Å². The maximum absolute atomic E-state index is 13.6. The third kappa shape index (κ3) is 5.18. The Labute approximate surface area is 226 Å². The number of carbonyl (C=O) groups excluding carboxylic acids is 1. The summed E-state index contributed by atoms with van der Waals surface area (Å²) in [5.41, 5.74) is 4.80. The summed E-state index contributed by atoms with van der Waals surface area (Å²) in [6, 6.07) is 14.2. The minimum absolute atomic E-state index is 0.0118. The van der Waals surface area contributed by atoms with Gasteiger partial charge in [-0.25, -0.2) is 4.79 Å². The molecule has 0 bridgehead atoms. The fourth-order valence-corrected chi connectivity index (χ4v) is 5.82. The maximum atomic E-state index is 13.6. The molecule has 2 aromatic carbocycles. The number of carbonyl (C=O) groups is 1. The van der Waals surface area contributed by atoms with Crippen molar-refractivity contribution in [2.24, 2.45) is 7.05 Å². The maximum Gasteiger partial charge on any atom is 0.336 e. The number of nitro groups is 1. The number of allylic oxidation sites excluding steroid dienone is 1. The van der Waals surface area contributed by atoms with E-state index in [2.05, 4.69) is 5.32 Å². The Hall–Kier alpha value is -3.65. The van der Waals surface area contributed by atoms with Crippen LogP contribution < -0.4 is 5.32 Å². The van der Waals surface area contributed by atoms with Crippen LogP contribution in [0.5, 0.6) is 0 Å². The van der Waals surface area contributed by atoms with Crippen LogP contribution in [0.2, 0.25) is 5.02 Å². The van der Waals surface area contributed by atoms with Crippen LogP contribution in [0.15, 0.2) is 59.8 Å². The number of ether oxygens (including phenoxy) is 1. The summed E-state index contributed by atoms with van der Waals surface area (Å²) in [5, 5.41) is 20.6. The van der Waals surface area contributed by atoms with E-state index in [1.54, 1.807) is 12.1 Å². The number of esters is 1. The SMILES string of the molecule is CC1=C(C(=O)OCCCc2ccc(Cl)cc2)C(c2cccc([N+](=O)[O-])c2)c2c(C3CCCC3)nn(C)c2N1. The van der Waals surface area contributed by atoms with E-state index in [9.17, 15) is 14.9 Å². The number of aryl methyl sites for hydroxylation is 2. The van der Waals surface area contributed by atoms with Crippen molar-refractivity contribution in [2.75, 3.05) is 11.9 Å². The zero-order valence-corrected chi connectivity index (χ0v) is 22.3. The van der Waals surface area contributed by atoms with Crippen molar-refractivity contribution in [3.05, 3.63) is 97.3 Å². The number of anilines is 1. The van der Waals surface area contributed by atoms with E-state index in [1.165, 1.54) is 6.07 Å². The molecule has 3 aromatic rings. The summed E-state index contributed by atoms with van der Waals surface area (Å²) in [5.74, 6) is 0.178. The molecule has 2 heterocycles. The van der Waals surface area contributed by atoms with Crippen molar-refractivity contribution in [3.8, 4) is 0 Å². The molecule has 38 heavy (non-hydrogen) atoms. The topological polar surface area (TPSA) is 99.3 Å². The zero-order valence-electron chi connectivity index (χ0n) is 21.6. The van der Waals surface area contributed by atoms with Gasteiger partial charge in [-0.3, -0.25) is 14.8 Å². The minimum atomic E-state index is -0.515. The molecule has 0 saturated heterocycles. The first kappa shape index (κ1) is 26.0. The molecule has 1 atom stereocenters. The summed E-state index contributed by atoms with van der Waals surface area (Å²) in [6.45, 7) is 2.11. The van der Waals surface area contributed by atoms with Gasteiger partial charge < -0.3 is 10.1 Å². The highest BCUT2D eigenvalue weighted by Gasteiger charge is 2.40. The van der Waals surface area contributed by atoms with Crippen molar-refractivity contribution in [1.29, 1.82) is 0 Å². The largest absolute Gasteiger partial charge is 0.462 e. The summed E-state index contributed by atoms with van der Waals surface area (Å²) < 4.78 is 7.61. The van der Waals surface area contributed by atoms with Crippen LogP contribution in [0.3, 0.4) is 0 Å². The van der Waals surface area contributed by atoms with Crippen molar-refractivity contribution < 1.29 is 14.5 Å². The van der Waals surface area contributed by atoms with Gasteiger partial charge in [0, 0.05) is 47.3 Å². The number of rotatable bonds is 8. The van der Waals surface area contributed by atoms with Crippen LogP contribution >= 0.6 is 11.6 Å². The summed E-state index contributed by atoms with van der Waals surface area (Å²) in [4.78, 5) is 24.8. The Balaban J connectivity index is 1.47. The van der Waals surface area contributed by atoms with Gasteiger partial charge in [0.15, 0.2) is 0 Å². The highest BCUT2D eigenvalue weighted by molar-refractivity contribution is 6.30. The van der Waals surface area contributed by atoms with E-state index in [0.29, 0.717) is 34.2 Å². The van der Waals surface area contributed by atoms with Crippen molar-refractivity contribution in [3.63, 3.8) is 0 Å². The number of non-ortho nitro benzene ring substituents is 1. The molecule has 2 aliphatic rings. The molecular weight excluding hydrogens is 504 g/mol. The number of halogens is 1. The molecular formula is C29H31ClN4O4. The number of fused-ring (bicyclic) bond motifs is 1. The molecule has 8 nitrogen and oxygen atoms in total. The van der Waals surface area contributed by atoms with E-state index in [-0.39, 0.29) is 12.3 Å². The molecule has 1 aromatic heterocycles. The Morgan fingerprint density at radius 3 is 2.66 bits per heavy atom. The second-order valence-corrected chi connectivity index (χ2v) is 10.5. The molecule has 1 aliphatic heterocycles. The number of aromatic nitrogens is 2. The fraction of sp³-hybridized carbons (Fsp3) is 0.379. The zero-order chi connectivity index (χ0) is 26.8. The van der Waals surface area contributed by atoms with E-state index in [0.717, 1.165) is 54.7 Å². The van der Waals surface area contributed by atoms with Crippen molar-refractivity contribution in [2.45, 2.75) is 57.3 Å². The number of nitro benzene ring substituents is 1. The fourth-order valence-electron chi connectivity index (χ4n) is 5.69. The predicted octanol–water partition coefficient (Wildman–Crippen LogP) is 6.65. The molecule has 1 N–H and O–H groups in total. The normalized spacial score (nSPS) is 17.3. The van der Waals surface area contributed by atoms with Crippen LogP contribution in [0.4, 0.5) is 11.5 Å². The quantitative estimate of drug-likeness (QED) is 0.150. The van der Waals surface area contributed by atoms with Gasteiger partial charge in [-0.1, -0.05) is 48.7 Å². The summed E-state index contributed by atoms with van der Waals surface area (Å²) in [6.07, 6.45) is 5.79. The number of benzene rings is 2. The Morgan fingerprint density at radius 2 is 1.95 bits per heavy atom. The van der Waals surface area contributed by atoms with Crippen molar-refractivity contribution in [1.82, 2.24) is 9.78 Å². The smallest absolute Gasteiger partial charge is 0.336 e. The van der Waals surface area contributed by atoms with Gasteiger partial charge >= 0.3 is 5.97 Å². The molecule has 1 saturated carbocycles. The molecule has 0 amide bonds. The van der Waals surface area contributed by atoms with Crippen LogP contribution in [-0.2, 0) is 23.0 Å². The molecule has 0 spiro atoms. The monoisotopic (exact) mass is 534 g/mol. The summed E-state index contributed by atoms with van der Waals surface area (Å²) >= 11 is 5.97. The summed E-state index contributed by atoms with van der Waals surface area (Å²) in [7, 11) is 1.89. The molecule has 198 valence electrons. The van der Waals surface area contributed by atoms with E-state index in [4.69, 9.17) is 21.4 Å². The molecule has 1 aliphatic carbocycles. The number of nitrogens with one attached hydrogen (secondary N) is 1. The first-order chi connectivity index (χ1) is 18.3. The lowest BCUT2D eigenvalue weighted by Gasteiger charge is -2.29. The molecule has 0 radical (unpaired) electrons. The number of nitrogens with zero attached hydrogens (tertiary/aromatic N) is 3. The standard InChI is InChI=1S/C29H31ClN4O4/c1-18-24(29(35)38-16-6-7-19-12-14-22(30)15-13-19)25(21-10-5-11-23(17-21)34(36)37)26-27(20-8-3-4-9-20)32-33(2)28(26)31-18/h5,10-15,17,20,25,31H,3-4,6-9,16H2,1-2H3. The van der Waals surface area contributed by atoms with Gasteiger partial charge in [0.1, 0.15) is 5.82 Å². The van der Waals surface area contributed by atoms with Crippen molar-refractivity contribution >= 4 is 29.1 Å². The third-order valence-corrected chi connectivity index (χ3v) is 7.78. The first-order valence-corrected chi connectivity index (χ1v) is 13.4. The number of hydrogen-bond acceptors (Lipinski definition) is 6. The molecule has 5 rings (SSSR count). The predicted molar refractivity (Wildman–Crippen MR) is 146 cm³/mol. The second-order valence-electron chi connectivity index (χ2n) is 10.1. The lowest BCUT2D eigenvalue weighted by atomic mass is 9.79. The van der Waals surface area contributed by atoms with Crippen LogP contribution in [0.1, 0.15) is 73.2 Å². The molecule has 1 fully saturated rings. The van der Waals surface area contributed by atoms with Crippen LogP contribution in [-0.4, -0.2) is 27.3 Å². The van der Waals surface area contributed by atoms with Gasteiger partial charge in [-0.05, 0) is 55.9 Å². The average Bonchev–Trinajstić information content (AvgIpc) is 3.55. The van der Waals surface area contributed by atoms with Crippen LogP contribution in [0.25, 0.3) is 0 Å². The Bertz CT molecular complexity index is 1390. The van der Waals surface area contributed by atoms with Gasteiger partial charge in [0.05, 0.1) is 22.8 Å². The Kier molecular flexibility index (Phi) is 7.51. The van der Waals surface area contributed by atoms with Gasteiger partial charge in [-0.2, -0.15) is 5.10 Å². The number of hydrogen-bond donors (Lipinski definition) is 1. The van der Waals surface area contributed by atoms with Gasteiger partial charge in [0.2, 0.25) is 0 Å². The van der Waals surface area contributed by atoms with E-state index < -0.39 is 16.8 Å². The van der Waals surface area contributed by atoms with E-state index in [1.807, 2.05) is 49.0 Å². The minimum Gasteiger partial charge on any atom is -0.462 e. The first-order valence-electron chi connectivity index (χ1n) is 13.0. The van der Waals surface area contributed by atoms with Gasteiger partial charge in [0.25, 0.3) is 5.69 Å². The Morgan fingerprint density at radius 1 is 1.21 bits per heavy atom. The molecule has 1 unspecified atom stereocenters. The lowest BCUT2D eigenvalue weighted by molar-refractivity contribution is -0.384. The third-order valence-electron chi connectivity index (χ3n) is 7.53. The lowest BCUT2D eigenvalue weighted by Crippen LogP contribution is -2.26. The highest BCUT2D eigenvalue weighted by Crippen LogP contribution is 2.48. The highest BCUT2D eigenvalue weighted by atomic mass is 35.5. The second kappa shape index (κ2) is 11.0. The van der Waals surface area contributed by atoms with Crippen LogP contribution in [0, 0.1) is 10.1 Å². The molecule has 9 heteroatoms. The average molecular weight is 535 g/mol.